The van der Waals surface area contributed by atoms with E-state index in [1.54, 1.807) is 6.20 Å². The molecule has 0 aliphatic carbocycles. The van der Waals surface area contributed by atoms with Crippen LogP contribution in [0.3, 0.4) is 0 Å². The fraction of sp³-hybridized carbons (Fsp3) is 0.333. The normalized spacial score (nSPS) is 8.89. The summed E-state index contributed by atoms with van der Waals surface area (Å²) in [7, 11) is 0. The topological polar surface area (TPSA) is 49.8 Å². The van der Waals surface area contributed by atoms with Gasteiger partial charge in [-0.25, -0.2) is 0 Å². The number of aryl methyl sites for hydroxylation is 1. The third-order valence-electron chi connectivity index (χ3n) is 1.09. The van der Waals surface area contributed by atoms with Crippen molar-refractivity contribution in [2.24, 2.45) is 0 Å². The molecular formula is C6H6N2O. The highest BCUT2D eigenvalue weighted by molar-refractivity contribution is 5.13. The molecule has 0 bridgehead atoms. The van der Waals surface area contributed by atoms with E-state index in [0.717, 1.165) is 5.56 Å². The van der Waals surface area contributed by atoms with E-state index in [-0.39, 0.29) is 0 Å². The SMILES string of the molecule is Cc1cnoc1CC#N. The van der Waals surface area contributed by atoms with Gasteiger partial charge in [0.05, 0.1) is 18.7 Å². The molecule has 1 aromatic heterocycles. The Labute approximate surface area is 52.9 Å². The zero-order valence-electron chi connectivity index (χ0n) is 5.09. The lowest BCUT2D eigenvalue weighted by Crippen LogP contribution is -1.78. The molecule has 1 rings (SSSR count). The Morgan fingerprint density at radius 1 is 1.89 bits per heavy atom. The average molecular weight is 122 g/mol. The third-order valence-corrected chi connectivity index (χ3v) is 1.09. The zero-order valence-corrected chi connectivity index (χ0v) is 5.09. The summed E-state index contributed by atoms with van der Waals surface area (Å²) in [6, 6.07) is 1.98. The van der Waals surface area contributed by atoms with E-state index in [2.05, 4.69) is 5.16 Å². The van der Waals surface area contributed by atoms with Gasteiger partial charge in [-0.15, -0.1) is 0 Å². The Hall–Kier alpha value is -1.30. The van der Waals surface area contributed by atoms with Gasteiger partial charge in [-0.05, 0) is 6.92 Å². The Balaban J connectivity index is 2.84. The minimum absolute atomic E-state index is 0.311. The minimum atomic E-state index is 0.311. The molecule has 0 N–H and O–H groups in total. The van der Waals surface area contributed by atoms with Crippen LogP contribution in [-0.2, 0) is 6.42 Å². The second kappa shape index (κ2) is 2.31. The Morgan fingerprint density at radius 3 is 3.11 bits per heavy atom. The largest absolute Gasteiger partial charge is 0.360 e. The van der Waals surface area contributed by atoms with E-state index in [0.29, 0.717) is 12.2 Å². The average Bonchev–Trinajstić information content (AvgIpc) is 2.18. The lowest BCUT2D eigenvalue weighted by Gasteiger charge is -1.82. The van der Waals surface area contributed by atoms with Crippen molar-refractivity contribution in [1.29, 1.82) is 5.26 Å². The van der Waals surface area contributed by atoms with E-state index < -0.39 is 0 Å². The first kappa shape index (κ1) is 5.83. The van der Waals surface area contributed by atoms with Crippen molar-refractivity contribution in [3.63, 3.8) is 0 Å². The first-order valence-corrected chi connectivity index (χ1v) is 2.61. The molecule has 0 saturated heterocycles. The number of hydrogen-bond donors (Lipinski definition) is 0. The second-order valence-electron chi connectivity index (χ2n) is 1.77. The molecule has 1 heterocycles. The maximum atomic E-state index is 8.22. The van der Waals surface area contributed by atoms with Gasteiger partial charge in [0, 0.05) is 5.56 Å². The van der Waals surface area contributed by atoms with Gasteiger partial charge in [0.2, 0.25) is 0 Å². The van der Waals surface area contributed by atoms with E-state index >= 15 is 0 Å². The maximum Gasteiger partial charge on any atom is 0.153 e. The van der Waals surface area contributed by atoms with Crippen molar-refractivity contribution in [2.75, 3.05) is 0 Å². The minimum Gasteiger partial charge on any atom is -0.360 e. The number of nitrogens with zero attached hydrogens (tertiary/aromatic N) is 2. The van der Waals surface area contributed by atoms with Crippen LogP contribution >= 0.6 is 0 Å². The van der Waals surface area contributed by atoms with Gasteiger partial charge in [-0.2, -0.15) is 5.26 Å². The molecule has 0 aliphatic rings. The summed E-state index contributed by atoms with van der Waals surface area (Å²) in [6.07, 6.45) is 1.92. The molecule has 0 unspecified atom stereocenters. The van der Waals surface area contributed by atoms with Crippen molar-refractivity contribution in [3.8, 4) is 6.07 Å². The van der Waals surface area contributed by atoms with Gasteiger partial charge in [0.1, 0.15) is 0 Å². The van der Waals surface area contributed by atoms with E-state index in [9.17, 15) is 0 Å². The van der Waals surface area contributed by atoms with Crippen molar-refractivity contribution in [3.05, 3.63) is 17.5 Å². The molecule has 46 valence electrons. The Bertz CT molecular complexity index is 233. The summed E-state index contributed by atoms with van der Waals surface area (Å²) in [5.41, 5.74) is 0.941. The molecule has 3 heteroatoms. The van der Waals surface area contributed by atoms with Gasteiger partial charge < -0.3 is 4.52 Å². The highest BCUT2D eigenvalue weighted by atomic mass is 16.5. The van der Waals surface area contributed by atoms with Gasteiger partial charge in [0.25, 0.3) is 0 Å². The van der Waals surface area contributed by atoms with Crippen LogP contribution in [0.15, 0.2) is 10.7 Å². The molecule has 0 saturated carbocycles. The van der Waals surface area contributed by atoms with Gasteiger partial charge in [-0.3, -0.25) is 0 Å². The molecular weight excluding hydrogens is 116 g/mol. The van der Waals surface area contributed by atoms with Crippen LogP contribution < -0.4 is 0 Å². The smallest absolute Gasteiger partial charge is 0.153 e. The molecule has 1 aromatic rings. The quantitative estimate of drug-likeness (QED) is 0.559. The highest BCUT2D eigenvalue weighted by Crippen LogP contribution is 2.04. The highest BCUT2D eigenvalue weighted by Gasteiger charge is 1.99. The first-order chi connectivity index (χ1) is 4.34. The molecule has 0 radical (unpaired) electrons. The lowest BCUT2D eigenvalue weighted by molar-refractivity contribution is 0.390. The number of hydrogen-bond acceptors (Lipinski definition) is 3. The third kappa shape index (κ3) is 1.08. The fourth-order valence-corrected chi connectivity index (χ4v) is 0.557. The molecule has 3 nitrogen and oxygen atoms in total. The first-order valence-electron chi connectivity index (χ1n) is 2.61. The Kier molecular flexibility index (Phi) is 1.50. The monoisotopic (exact) mass is 122 g/mol. The predicted molar refractivity (Wildman–Crippen MR) is 30.6 cm³/mol. The molecule has 9 heavy (non-hydrogen) atoms. The van der Waals surface area contributed by atoms with Crippen molar-refractivity contribution >= 4 is 0 Å². The van der Waals surface area contributed by atoms with Crippen LogP contribution in [0.25, 0.3) is 0 Å². The Morgan fingerprint density at radius 2 is 2.67 bits per heavy atom. The molecule has 0 atom stereocenters. The predicted octanol–water partition coefficient (Wildman–Crippen LogP) is 1.05. The summed E-state index contributed by atoms with van der Waals surface area (Å²) in [6.45, 7) is 1.86. The van der Waals surface area contributed by atoms with E-state index in [1.807, 2.05) is 13.0 Å². The van der Waals surface area contributed by atoms with Crippen LogP contribution in [0, 0.1) is 18.3 Å². The summed E-state index contributed by atoms with van der Waals surface area (Å²) >= 11 is 0. The van der Waals surface area contributed by atoms with Crippen LogP contribution in [-0.4, -0.2) is 5.16 Å². The van der Waals surface area contributed by atoms with Crippen LogP contribution in [0.2, 0.25) is 0 Å². The summed E-state index contributed by atoms with van der Waals surface area (Å²) in [5.74, 6) is 0.664. The number of rotatable bonds is 1. The molecule has 0 amide bonds. The van der Waals surface area contributed by atoms with Crippen molar-refractivity contribution < 1.29 is 4.52 Å². The molecule has 0 aliphatic heterocycles. The second-order valence-corrected chi connectivity index (χ2v) is 1.77. The fourth-order valence-electron chi connectivity index (χ4n) is 0.557. The van der Waals surface area contributed by atoms with Crippen LogP contribution in [0.4, 0.5) is 0 Å². The van der Waals surface area contributed by atoms with Crippen molar-refractivity contribution in [2.45, 2.75) is 13.3 Å². The van der Waals surface area contributed by atoms with Gasteiger partial charge >= 0.3 is 0 Å². The lowest BCUT2D eigenvalue weighted by atomic mass is 10.2. The molecule has 0 spiro atoms. The van der Waals surface area contributed by atoms with Crippen LogP contribution in [0.5, 0.6) is 0 Å². The zero-order chi connectivity index (χ0) is 6.69. The van der Waals surface area contributed by atoms with Crippen molar-refractivity contribution in [1.82, 2.24) is 5.16 Å². The van der Waals surface area contributed by atoms with E-state index in [4.69, 9.17) is 9.78 Å². The summed E-state index contributed by atoms with van der Waals surface area (Å²) < 4.78 is 4.73. The number of nitriles is 1. The van der Waals surface area contributed by atoms with Gasteiger partial charge in [-0.1, -0.05) is 5.16 Å². The van der Waals surface area contributed by atoms with Crippen LogP contribution in [0.1, 0.15) is 11.3 Å². The summed E-state index contributed by atoms with van der Waals surface area (Å²) in [5, 5.41) is 11.7. The number of aromatic nitrogens is 1. The molecule has 0 fully saturated rings. The summed E-state index contributed by atoms with van der Waals surface area (Å²) in [4.78, 5) is 0. The standard InChI is InChI=1S/C6H6N2O/c1-5-4-8-9-6(5)2-3-7/h4H,2H2,1H3. The van der Waals surface area contributed by atoms with Gasteiger partial charge in [0.15, 0.2) is 5.76 Å². The maximum absolute atomic E-state index is 8.22. The van der Waals surface area contributed by atoms with E-state index in [1.165, 1.54) is 0 Å². The molecule has 0 aromatic carbocycles.